The summed E-state index contributed by atoms with van der Waals surface area (Å²) in [7, 11) is 0. The molecule has 1 heterocycles. The standard InChI is InChI=1S/C14H15NO6S/c1-4-21-14(20)11-7(2)12(8(3)16)22-13(11)15-9(17)5-6-10(18)19/h5-6H,4H2,1-3H3,(H,15,17)(H,18,19)/b6-5+. The molecule has 0 aromatic carbocycles. The number of esters is 1. The summed E-state index contributed by atoms with van der Waals surface area (Å²) in [5.74, 6) is -2.88. The maximum atomic E-state index is 12.0. The molecule has 0 aliphatic heterocycles. The van der Waals surface area contributed by atoms with Crippen molar-refractivity contribution in [2.75, 3.05) is 11.9 Å². The quantitative estimate of drug-likeness (QED) is 0.470. The summed E-state index contributed by atoms with van der Waals surface area (Å²) in [5, 5.41) is 11.0. The highest BCUT2D eigenvalue weighted by Crippen LogP contribution is 2.34. The second-order valence-electron chi connectivity index (χ2n) is 4.20. The van der Waals surface area contributed by atoms with Crippen molar-refractivity contribution in [1.29, 1.82) is 0 Å². The molecular weight excluding hydrogens is 310 g/mol. The highest BCUT2D eigenvalue weighted by Gasteiger charge is 2.24. The van der Waals surface area contributed by atoms with E-state index in [0.29, 0.717) is 16.5 Å². The van der Waals surface area contributed by atoms with Crippen LogP contribution in [0.15, 0.2) is 12.2 Å². The molecule has 0 aliphatic rings. The van der Waals surface area contributed by atoms with Gasteiger partial charge in [-0.15, -0.1) is 11.3 Å². The SMILES string of the molecule is CCOC(=O)c1c(NC(=O)/C=C/C(=O)O)sc(C(C)=O)c1C. The minimum Gasteiger partial charge on any atom is -0.478 e. The van der Waals surface area contributed by atoms with E-state index >= 15 is 0 Å². The average Bonchev–Trinajstić information content (AvgIpc) is 2.73. The van der Waals surface area contributed by atoms with Gasteiger partial charge in [0.15, 0.2) is 5.78 Å². The summed E-state index contributed by atoms with van der Waals surface area (Å²) in [5.41, 5.74) is 0.530. The molecule has 0 saturated heterocycles. The Morgan fingerprint density at radius 3 is 2.41 bits per heavy atom. The van der Waals surface area contributed by atoms with E-state index in [2.05, 4.69) is 5.32 Å². The minimum absolute atomic E-state index is 0.106. The third-order valence-corrected chi connectivity index (χ3v) is 3.87. The van der Waals surface area contributed by atoms with E-state index in [1.807, 2.05) is 0 Å². The van der Waals surface area contributed by atoms with E-state index in [0.717, 1.165) is 17.4 Å². The van der Waals surface area contributed by atoms with Crippen LogP contribution in [-0.2, 0) is 14.3 Å². The number of hydrogen-bond donors (Lipinski definition) is 2. The van der Waals surface area contributed by atoms with Crippen LogP contribution in [0, 0.1) is 6.92 Å². The van der Waals surface area contributed by atoms with Gasteiger partial charge in [0.05, 0.1) is 17.0 Å². The molecule has 0 fully saturated rings. The summed E-state index contributed by atoms with van der Waals surface area (Å²) in [4.78, 5) is 45.9. The van der Waals surface area contributed by atoms with Crippen molar-refractivity contribution < 1.29 is 29.0 Å². The molecule has 0 saturated carbocycles. The Morgan fingerprint density at radius 1 is 1.27 bits per heavy atom. The Kier molecular flexibility index (Phi) is 6.00. The van der Waals surface area contributed by atoms with E-state index in [1.165, 1.54) is 6.92 Å². The molecular formula is C14H15NO6S. The van der Waals surface area contributed by atoms with Crippen molar-refractivity contribution in [2.45, 2.75) is 20.8 Å². The van der Waals surface area contributed by atoms with Gasteiger partial charge in [-0.05, 0) is 26.3 Å². The number of Topliss-reactive ketones (excluding diaryl/α,β-unsaturated/α-hetero) is 1. The molecule has 2 N–H and O–H groups in total. The lowest BCUT2D eigenvalue weighted by Gasteiger charge is -2.05. The minimum atomic E-state index is -1.27. The summed E-state index contributed by atoms with van der Waals surface area (Å²) in [6.45, 7) is 4.72. The lowest BCUT2D eigenvalue weighted by atomic mass is 10.1. The zero-order valence-electron chi connectivity index (χ0n) is 12.3. The molecule has 0 bridgehead atoms. The van der Waals surface area contributed by atoms with Gasteiger partial charge in [-0.3, -0.25) is 9.59 Å². The summed E-state index contributed by atoms with van der Waals surface area (Å²) in [6, 6.07) is 0. The van der Waals surface area contributed by atoms with Gasteiger partial charge in [0, 0.05) is 12.2 Å². The topological polar surface area (TPSA) is 110 Å². The molecule has 0 unspecified atom stereocenters. The summed E-state index contributed by atoms with van der Waals surface area (Å²) >= 11 is 0.947. The van der Waals surface area contributed by atoms with Crippen LogP contribution in [0.3, 0.4) is 0 Å². The second-order valence-corrected chi connectivity index (χ2v) is 5.22. The van der Waals surface area contributed by atoms with Crippen molar-refractivity contribution in [3.05, 3.63) is 28.2 Å². The average molecular weight is 325 g/mol. The summed E-state index contributed by atoms with van der Waals surface area (Å²) < 4.78 is 4.92. The Hall–Kier alpha value is -2.48. The molecule has 0 spiro atoms. The van der Waals surface area contributed by atoms with E-state index < -0.39 is 17.8 Å². The molecule has 0 aliphatic carbocycles. The predicted octanol–water partition coefficient (Wildman–Crippen LogP) is 2.02. The molecule has 1 aromatic rings. The maximum absolute atomic E-state index is 12.0. The van der Waals surface area contributed by atoms with Crippen LogP contribution in [0.4, 0.5) is 5.00 Å². The van der Waals surface area contributed by atoms with Gasteiger partial charge in [0.25, 0.3) is 0 Å². The first kappa shape index (κ1) is 17.6. The van der Waals surface area contributed by atoms with Gasteiger partial charge < -0.3 is 15.2 Å². The monoisotopic (exact) mass is 325 g/mol. The number of carbonyl (C=O) groups excluding carboxylic acids is 3. The second kappa shape index (κ2) is 7.51. The smallest absolute Gasteiger partial charge is 0.341 e. The van der Waals surface area contributed by atoms with Crippen LogP contribution in [-0.4, -0.2) is 35.3 Å². The molecule has 1 aromatic heterocycles. The number of rotatable bonds is 6. The lowest BCUT2D eigenvalue weighted by Crippen LogP contribution is -2.13. The Labute approximate surface area is 130 Å². The van der Waals surface area contributed by atoms with Gasteiger partial charge in [0.2, 0.25) is 5.91 Å². The van der Waals surface area contributed by atoms with Crippen LogP contribution in [0.5, 0.6) is 0 Å². The zero-order valence-corrected chi connectivity index (χ0v) is 13.1. The largest absolute Gasteiger partial charge is 0.478 e. The first-order chi connectivity index (χ1) is 10.3. The number of amides is 1. The molecule has 22 heavy (non-hydrogen) atoms. The summed E-state index contributed by atoms with van der Waals surface area (Å²) in [6.07, 6.45) is 1.49. The third-order valence-electron chi connectivity index (χ3n) is 2.56. The number of ketones is 1. The highest BCUT2D eigenvalue weighted by molar-refractivity contribution is 7.18. The van der Waals surface area contributed by atoms with E-state index in [4.69, 9.17) is 9.84 Å². The molecule has 118 valence electrons. The molecule has 1 amide bonds. The molecule has 0 radical (unpaired) electrons. The molecule has 7 nitrogen and oxygen atoms in total. The van der Waals surface area contributed by atoms with Crippen molar-refractivity contribution in [3.63, 3.8) is 0 Å². The normalized spacial score (nSPS) is 10.5. The fourth-order valence-electron chi connectivity index (χ4n) is 1.69. The lowest BCUT2D eigenvalue weighted by molar-refractivity contribution is -0.131. The number of hydrogen-bond acceptors (Lipinski definition) is 6. The van der Waals surface area contributed by atoms with Crippen molar-refractivity contribution >= 4 is 40.0 Å². The highest BCUT2D eigenvalue weighted by atomic mass is 32.1. The fraction of sp³-hybridized carbons (Fsp3) is 0.286. The number of carbonyl (C=O) groups is 4. The Balaban J connectivity index is 3.19. The Bertz CT molecular complexity index is 659. The number of thiophene rings is 1. The van der Waals surface area contributed by atoms with Crippen molar-refractivity contribution in [2.24, 2.45) is 0 Å². The molecule has 0 atom stereocenters. The number of carboxylic acid groups (broad SMARTS) is 1. The third kappa shape index (κ3) is 4.26. The number of anilines is 1. The van der Waals surface area contributed by atoms with E-state index in [-0.39, 0.29) is 23.0 Å². The molecule has 1 rings (SSSR count). The number of ether oxygens (including phenoxy) is 1. The Morgan fingerprint density at radius 2 is 1.91 bits per heavy atom. The van der Waals surface area contributed by atoms with Gasteiger partial charge >= 0.3 is 11.9 Å². The fourth-order valence-corrected chi connectivity index (χ4v) is 2.78. The van der Waals surface area contributed by atoms with Gasteiger partial charge in [-0.1, -0.05) is 0 Å². The predicted molar refractivity (Wildman–Crippen MR) is 80.4 cm³/mol. The van der Waals surface area contributed by atoms with Crippen molar-refractivity contribution in [3.8, 4) is 0 Å². The van der Waals surface area contributed by atoms with Gasteiger partial charge in [-0.2, -0.15) is 0 Å². The first-order valence-electron chi connectivity index (χ1n) is 6.31. The number of nitrogens with one attached hydrogen (secondary N) is 1. The maximum Gasteiger partial charge on any atom is 0.341 e. The van der Waals surface area contributed by atoms with Crippen LogP contribution < -0.4 is 5.32 Å². The van der Waals surface area contributed by atoms with Crippen LogP contribution in [0.25, 0.3) is 0 Å². The first-order valence-corrected chi connectivity index (χ1v) is 7.13. The molecule has 8 heteroatoms. The van der Waals surface area contributed by atoms with E-state index in [1.54, 1.807) is 13.8 Å². The van der Waals surface area contributed by atoms with Gasteiger partial charge in [-0.25, -0.2) is 9.59 Å². The number of aliphatic carboxylic acids is 1. The zero-order chi connectivity index (χ0) is 16.9. The van der Waals surface area contributed by atoms with Crippen LogP contribution >= 0.6 is 11.3 Å². The van der Waals surface area contributed by atoms with Crippen LogP contribution in [0.2, 0.25) is 0 Å². The van der Waals surface area contributed by atoms with E-state index in [9.17, 15) is 19.2 Å². The van der Waals surface area contributed by atoms with Crippen LogP contribution in [0.1, 0.15) is 39.4 Å². The van der Waals surface area contributed by atoms with Gasteiger partial charge in [0.1, 0.15) is 5.00 Å². The number of carboxylic acids is 1. The van der Waals surface area contributed by atoms with Crippen molar-refractivity contribution in [1.82, 2.24) is 0 Å².